The Hall–Kier alpha value is -2.80. The third-order valence-electron chi connectivity index (χ3n) is 4.26. The molecule has 0 radical (unpaired) electrons. The molecule has 1 aliphatic heterocycles. The number of carbonyl (C=O) groups excluding carboxylic acids is 2. The highest BCUT2D eigenvalue weighted by atomic mass is 19.1. The van der Waals surface area contributed by atoms with Gasteiger partial charge in [0.15, 0.2) is 0 Å². The van der Waals surface area contributed by atoms with Gasteiger partial charge in [0.2, 0.25) is 5.91 Å². The lowest BCUT2D eigenvalue weighted by Crippen LogP contribution is -2.51. The first kappa shape index (κ1) is 17.0. The number of pyridine rings is 1. The fourth-order valence-corrected chi connectivity index (χ4v) is 2.87. The standard InChI is InChI=1S/C18H19FN4O2/c19-16-4-2-1-3-15(16)13-9-14(12-21-11-13)18(25)23-7-5-22(6-8-23)17(24)10-20/h1-4,9,11-12H,5-8,10,20H2. The van der Waals surface area contributed by atoms with E-state index in [0.29, 0.717) is 42.9 Å². The second-order valence-corrected chi connectivity index (χ2v) is 5.82. The predicted molar refractivity (Wildman–Crippen MR) is 91.2 cm³/mol. The summed E-state index contributed by atoms with van der Waals surface area (Å²) in [5.41, 5.74) is 6.73. The van der Waals surface area contributed by atoms with Gasteiger partial charge in [0.1, 0.15) is 5.82 Å². The van der Waals surface area contributed by atoms with Crippen LogP contribution in [-0.2, 0) is 4.79 Å². The zero-order chi connectivity index (χ0) is 17.8. The van der Waals surface area contributed by atoms with Gasteiger partial charge in [-0.2, -0.15) is 0 Å². The van der Waals surface area contributed by atoms with Crippen LogP contribution in [0.5, 0.6) is 0 Å². The molecular weight excluding hydrogens is 323 g/mol. The minimum absolute atomic E-state index is 0.0252. The van der Waals surface area contributed by atoms with Gasteiger partial charge in [-0.25, -0.2) is 4.39 Å². The molecule has 0 unspecified atom stereocenters. The number of nitrogens with zero attached hydrogens (tertiary/aromatic N) is 3. The molecule has 130 valence electrons. The van der Waals surface area contributed by atoms with Crippen LogP contribution < -0.4 is 5.73 Å². The van der Waals surface area contributed by atoms with Gasteiger partial charge in [0.05, 0.1) is 12.1 Å². The number of piperazine rings is 1. The lowest BCUT2D eigenvalue weighted by atomic mass is 10.0. The van der Waals surface area contributed by atoms with Gasteiger partial charge in [0.25, 0.3) is 5.91 Å². The fourth-order valence-electron chi connectivity index (χ4n) is 2.87. The van der Waals surface area contributed by atoms with Crippen molar-refractivity contribution < 1.29 is 14.0 Å². The maximum Gasteiger partial charge on any atom is 0.255 e. The van der Waals surface area contributed by atoms with Gasteiger partial charge in [-0.1, -0.05) is 18.2 Å². The number of benzene rings is 1. The van der Waals surface area contributed by atoms with Gasteiger partial charge < -0.3 is 15.5 Å². The summed E-state index contributed by atoms with van der Waals surface area (Å²) in [4.78, 5) is 31.7. The molecule has 1 aromatic carbocycles. The van der Waals surface area contributed by atoms with Crippen LogP contribution in [0.2, 0.25) is 0 Å². The van der Waals surface area contributed by atoms with E-state index >= 15 is 0 Å². The molecule has 0 atom stereocenters. The summed E-state index contributed by atoms with van der Waals surface area (Å²) in [6.07, 6.45) is 3.01. The van der Waals surface area contributed by atoms with Crippen molar-refractivity contribution in [2.45, 2.75) is 0 Å². The van der Waals surface area contributed by atoms with E-state index in [2.05, 4.69) is 4.98 Å². The van der Waals surface area contributed by atoms with Crippen molar-refractivity contribution >= 4 is 11.8 Å². The van der Waals surface area contributed by atoms with Crippen LogP contribution in [-0.4, -0.2) is 59.3 Å². The molecule has 0 bridgehead atoms. The summed E-state index contributed by atoms with van der Waals surface area (Å²) in [7, 11) is 0. The van der Waals surface area contributed by atoms with Crippen molar-refractivity contribution in [1.82, 2.24) is 14.8 Å². The molecule has 3 rings (SSSR count). The number of aromatic nitrogens is 1. The van der Waals surface area contributed by atoms with Crippen molar-refractivity contribution in [3.8, 4) is 11.1 Å². The molecule has 1 aromatic heterocycles. The average Bonchev–Trinajstić information content (AvgIpc) is 2.67. The fraction of sp³-hybridized carbons (Fsp3) is 0.278. The highest BCUT2D eigenvalue weighted by molar-refractivity contribution is 5.95. The zero-order valence-corrected chi connectivity index (χ0v) is 13.7. The number of hydrogen-bond acceptors (Lipinski definition) is 4. The maximum absolute atomic E-state index is 13.9. The molecule has 2 heterocycles. The first-order valence-electron chi connectivity index (χ1n) is 8.07. The Morgan fingerprint density at radius 1 is 1.08 bits per heavy atom. The third kappa shape index (κ3) is 3.66. The highest BCUT2D eigenvalue weighted by Crippen LogP contribution is 2.23. The largest absolute Gasteiger partial charge is 0.338 e. The Morgan fingerprint density at radius 2 is 1.76 bits per heavy atom. The van der Waals surface area contributed by atoms with Gasteiger partial charge in [-0.05, 0) is 12.1 Å². The zero-order valence-electron chi connectivity index (χ0n) is 13.7. The number of nitrogens with two attached hydrogens (primary N) is 1. The smallest absolute Gasteiger partial charge is 0.255 e. The quantitative estimate of drug-likeness (QED) is 0.907. The van der Waals surface area contributed by atoms with Crippen molar-refractivity contribution in [2.75, 3.05) is 32.7 Å². The molecule has 25 heavy (non-hydrogen) atoms. The van der Waals surface area contributed by atoms with E-state index in [1.54, 1.807) is 34.1 Å². The molecule has 2 amide bonds. The minimum Gasteiger partial charge on any atom is -0.338 e. The third-order valence-corrected chi connectivity index (χ3v) is 4.26. The van der Waals surface area contributed by atoms with E-state index in [1.807, 2.05) is 0 Å². The molecule has 2 N–H and O–H groups in total. The number of carbonyl (C=O) groups is 2. The van der Waals surface area contributed by atoms with E-state index < -0.39 is 0 Å². The van der Waals surface area contributed by atoms with Crippen LogP contribution in [0.3, 0.4) is 0 Å². The van der Waals surface area contributed by atoms with Crippen LogP contribution in [0.4, 0.5) is 4.39 Å². The molecule has 0 saturated carbocycles. The highest BCUT2D eigenvalue weighted by Gasteiger charge is 2.24. The summed E-state index contributed by atoms with van der Waals surface area (Å²) < 4.78 is 13.9. The van der Waals surface area contributed by atoms with E-state index in [1.165, 1.54) is 18.5 Å². The maximum atomic E-state index is 13.9. The summed E-state index contributed by atoms with van der Waals surface area (Å²) in [6.45, 7) is 1.77. The van der Waals surface area contributed by atoms with Crippen molar-refractivity contribution in [3.05, 3.63) is 54.1 Å². The summed E-state index contributed by atoms with van der Waals surface area (Å²) in [6, 6.07) is 8.02. The normalized spacial score (nSPS) is 14.5. The molecular formula is C18H19FN4O2. The van der Waals surface area contributed by atoms with Crippen LogP contribution >= 0.6 is 0 Å². The van der Waals surface area contributed by atoms with Crippen LogP contribution in [0.25, 0.3) is 11.1 Å². The van der Waals surface area contributed by atoms with Gasteiger partial charge in [-0.3, -0.25) is 14.6 Å². The number of amides is 2. The van der Waals surface area contributed by atoms with E-state index in [0.717, 1.165) is 0 Å². The summed E-state index contributed by atoms with van der Waals surface area (Å²) in [5, 5.41) is 0. The first-order chi connectivity index (χ1) is 12.1. The minimum atomic E-state index is -0.359. The molecule has 1 aliphatic rings. The number of rotatable bonds is 3. The Balaban J connectivity index is 1.75. The lowest BCUT2D eigenvalue weighted by molar-refractivity contribution is -0.131. The Kier molecular flexibility index (Phi) is 5.04. The Bertz CT molecular complexity index is 788. The molecule has 0 aliphatic carbocycles. The second kappa shape index (κ2) is 7.40. The first-order valence-corrected chi connectivity index (χ1v) is 8.07. The van der Waals surface area contributed by atoms with Gasteiger partial charge in [-0.15, -0.1) is 0 Å². The molecule has 6 nitrogen and oxygen atoms in total. The molecule has 1 saturated heterocycles. The second-order valence-electron chi connectivity index (χ2n) is 5.82. The number of hydrogen-bond donors (Lipinski definition) is 1. The van der Waals surface area contributed by atoms with E-state index in [-0.39, 0.29) is 24.2 Å². The Labute approximate surface area is 145 Å². The summed E-state index contributed by atoms with van der Waals surface area (Å²) >= 11 is 0. The Morgan fingerprint density at radius 3 is 2.44 bits per heavy atom. The molecule has 1 fully saturated rings. The van der Waals surface area contributed by atoms with Crippen LogP contribution in [0.1, 0.15) is 10.4 Å². The van der Waals surface area contributed by atoms with Gasteiger partial charge in [0, 0.05) is 49.7 Å². The monoisotopic (exact) mass is 342 g/mol. The van der Waals surface area contributed by atoms with Crippen molar-refractivity contribution in [3.63, 3.8) is 0 Å². The molecule has 7 heteroatoms. The van der Waals surface area contributed by atoms with Crippen molar-refractivity contribution in [1.29, 1.82) is 0 Å². The van der Waals surface area contributed by atoms with E-state index in [4.69, 9.17) is 5.73 Å². The molecule has 2 aromatic rings. The van der Waals surface area contributed by atoms with Crippen LogP contribution in [0.15, 0.2) is 42.7 Å². The topological polar surface area (TPSA) is 79.5 Å². The van der Waals surface area contributed by atoms with Crippen molar-refractivity contribution in [2.24, 2.45) is 5.73 Å². The van der Waals surface area contributed by atoms with Gasteiger partial charge >= 0.3 is 0 Å². The lowest BCUT2D eigenvalue weighted by Gasteiger charge is -2.34. The van der Waals surface area contributed by atoms with E-state index in [9.17, 15) is 14.0 Å². The number of halogens is 1. The predicted octanol–water partition coefficient (Wildman–Crippen LogP) is 1.13. The average molecular weight is 342 g/mol. The molecule has 0 spiro atoms. The SMILES string of the molecule is NCC(=O)N1CCN(C(=O)c2cncc(-c3ccccc3F)c2)CC1. The van der Waals surface area contributed by atoms with Crippen LogP contribution in [0, 0.1) is 5.82 Å². The summed E-state index contributed by atoms with van der Waals surface area (Å²) in [5.74, 6) is -0.649.